The van der Waals surface area contributed by atoms with Gasteiger partial charge in [0.05, 0.1) is 17.4 Å². The second kappa shape index (κ2) is 8.51. The van der Waals surface area contributed by atoms with Crippen LogP contribution < -0.4 is 9.64 Å². The molecule has 164 valence electrons. The molecular formula is C25H23NO5S. The number of aliphatic hydroxyl groups excluding tert-OH is 1. The Labute approximate surface area is 190 Å². The zero-order valence-electron chi connectivity index (χ0n) is 17.9. The number of phenolic OH excluding ortho intramolecular Hbond substituents is 1. The minimum atomic E-state index is -0.852. The second-order valence-electron chi connectivity index (χ2n) is 7.82. The van der Waals surface area contributed by atoms with Gasteiger partial charge in [-0.1, -0.05) is 12.1 Å². The number of benzene rings is 2. The van der Waals surface area contributed by atoms with Crippen LogP contribution in [-0.2, 0) is 9.59 Å². The molecule has 1 unspecified atom stereocenters. The van der Waals surface area contributed by atoms with Gasteiger partial charge in [-0.2, -0.15) is 0 Å². The third-order valence-electron chi connectivity index (χ3n) is 5.24. The zero-order chi connectivity index (χ0) is 23.0. The van der Waals surface area contributed by atoms with Crippen molar-refractivity contribution in [1.82, 2.24) is 0 Å². The molecule has 32 heavy (non-hydrogen) atoms. The molecule has 2 N–H and O–H groups in total. The van der Waals surface area contributed by atoms with Crippen LogP contribution in [0.3, 0.4) is 0 Å². The molecule has 0 saturated carbocycles. The SMILES string of the molecule is Cc1ccsc1C1/C(=C(/O)c2ccc(OC(C)C)cc2)C(=O)C(=O)N1c1ccccc1O. The first kappa shape index (κ1) is 21.6. The van der Waals surface area contributed by atoms with Crippen molar-refractivity contribution in [3.63, 3.8) is 0 Å². The van der Waals surface area contributed by atoms with E-state index in [1.807, 2.05) is 32.2 Å². The van der Waals surface area contributed by atoms with Gasteiger partial charge in [-0.15, -0.1) is 11.3 Å². The number of rotatable bonds is 5. The van der Waals surface area contributed by atoms with E-state index in [0.29, 0.717) is 11.3 Å². The molecule has 1 fully saturated rings. The normalized spacial score (nSPS) is 17.9. The summed E-state index contributed by atoms with van der Waals surface area (Å²) in [6, 6.07) is 14.1. The van der Waals surface area contributed by atoms with Crippen LogP contribution in [0.15, 0.2) is 65.6 Å². The first-order chi connectivity index (χ1) is 15.3. The van der Waals surface area contributed by atoms with Crippen molar-refractivity contribution in [2.24, 2.45) is 0 Å². The monoisotopic (exact) mass is 449 g/mol. The number of nitrogens with zero attached hydrogens (tertiary/aromatic N) is 1. The van der Waals surface area contributed by atoms with Crippen molar-refractivity contribution < 1.29 is 24.5 Å². The molecule has 3 aromatic rings. The number of ether oxygens (including phenoxy) is 1. The van der Waals surface area contributed by atoms with Crippen LogP contribution in [0.5, 0.6) is 11.5 Å². The van der Waals surface area contributed by atoms with Gasteiger partial charge in [0.25, 0.3) is 11.7 Å². The maximum absolute atomic E-state index is 13.1. The minimum absolute atomic E-state index is 0.000116. The molecular weight excluding hydrogens is 426 g/mol. The summed E-state index contributed by atoms with van der Waals surface area (Å²) in [7, 11) is 0. The Morgan fingerprint density at radius 3 is 2.34 bits per heavy atom. The van der Waals surface area contributed by atoms with E-state index in [4.69, 9.17) is 4.74 Å². The molecule has 1 atom stereocenters. The predicted octanol–water partition coefficient (Wildman–Crippen LogP) is 5.18. The summed E-state index contributed by atoms with van der Waals surface area (Å²) in [5, 5.41) is 23.4. The Balaban J connectivity index is 1.88. The zero-order valence-corrected chi connectivity index (χ0v) is 18.7. The highest BCUT2D eigenvalue weighted by Crippen LogP contribution is 2.46. The lowest BCUT2D eigenvalue weighted by Crippen LogP contribution is -2.29. The summed E-state index contributed by atoms with van der Waals surface area (Å²) in [5.74, 6) is -1.35. The predicted molar refractivity (Wildman–Crippen MR) is 124 cm³/mol. The van der Waals surface area contributed by atoms with Crippen molar-refractivity contribution in [2.45, 2.75) is 32.9 Å². The number of ketones is 1. The van der Waals surface area contributed by atoms with E-state index in [1.165, 1.54) is 22.3 Å². The fraction of sp³-hybridized carbons (Fsp3) is 0.200. The minimum Gasteiger partial charge on any atom is -0.507 e. The molecule has 0 spiro atoms. The van der Waals surface area contributed by atoms with Crippen LogP contribution in [0, 0.1) is 6.92 Å². The van der Waals surface area contributed by atoms with E-state index in [-0.39, 0.29) is 28.9 Å². The molecule has 0 aliphatic carbocycles. The number of hydrogen-bond acceptors (Lipinski definition) is 6. The molecule has 6 nitrogen and oxygen atoms in total. The maximum atomic E-state index is 13.1. The van der Waals surface area contributed by atoms with Crippen molar-refractivity contribution in [2.75, 3.05) is 4.90 Å². The van der Waals surface area contributed by atoms with E-state index in [1.54, 1.807) is 42.5 Å². The molecule has 4 rings (SSSR count). The van der Waals surface area contributed by atoms with Gasteiger partial charge in [0.1, 0.15) is 23.3 Å². The van der Waals surface area contributed by atoms with Crippen LogP contribution in [-0.4, -0.2) is 28.0 Å². The van der Waals surface area contributed by atoms with Gasteiger partial charge in [-0.05, 0) is 74.2 Å². The van der Waals surface area contributed by atoms with Gasteiger partial charge in [-0.3, -0.25) is 14.5 Å². The first-order valence-corrected chi connectivity index (χ1v) is 11.1. The summed E-state index contributed by atoms with van der Waals surface area (Å²) in [4.78, 5) is 28.2. The number of Topliss-reactive ketones (excluding diaryl/α,β-unsaturated/α-hetero) is 1. The van der Waals surface area contributed by atoms with E-state index in [2.05, 4.69) is 0 Å². The molecule has 2 heterocycles. The fourth-order valence-electron chi connectivity index (χ4n) is 3.78. The van der Waals surface area contributed by atoms with Crippen molar-refractivity contribution >= 4 is 34.5 Å². The number of anilines is 1. The van der Waals surface area contributed by atoms with Gasteiger partial charge >= 0.3 is 0 Å². The average molecular weight is 450 g/mol. The van der Waals surface area contributed by atoms with E-state index in [0.717, 1.165) is 10.4 Å². The molecule has 1 saturated heterocycles. The number of aliphatic hydroxyl groups is 1. The lowest BCUT2D eigenvalue weighted by Gasteiger charge is -2.25. The highest BCUT2D eigenvalue weighted by molar-refractivity contribution is 7.10. The highest BCUT2D eigenvalue weighted by Gasteiger charge is 2.48. The van der Waals surface area contributed by atoms with Crippen LogP contribution in [0.25, 0.3) is 5.76 Å². The number of aryl methyl sites for hydroxylation is 1. The number of aromatic hydroxyl groups is 1. The first-order valence-electron chi connectivity index (χ1n) is 10.2. The highest BCUT2D eigenvalue weighted by atomic mass is 32.1. The molecule has 7 heteroatoms. The quantitative estimate of drug-likeness (QED) is 0.319. The topological polar surface area (TPSA) is 87.1 Å². The number of carbonyl (C=O) groups excluding carboxylic acids is 2. The van der Waals surface area contributed by atoms with Gasteiger partial charge in [-0.25, -0.2) is 0 Å². The van der Waals surface area contributed by atoms with E-state index >= 15 is 0 Å². The summed E-state index contributed by atoms with van der Waals surface area (Å²) in [6.07, 6.45) is 0.000116. The van der Waals surface area contributed by atoms with Gasteiger partial charge < -0.3 is 14.9 Å². The lowest BCUT2D eigenvalue weighted by molar-refractivity contribution is -0.132. The number of hydrogen-bond donors (Lipinski definition) is 2. The number of para-hydroxylation sites is 2. The van der Waals surface area contributed by atoms with Crippen LogP contribution in [0.1, 0.15) is 35.9 Å². The van der Waals surface area contributed by atoms with Crippen LogP contribution in [0.2, 0.25) is 0 Å². The Kier molecular flexibility index (Phi) is 5.76. The van der Waals surface area contributed by atoms with Crippen LogP contribution in [0.4, 0.5) is 5.69 Å². The Hall–Kier alpha value is -3.58. The smallest absolute Gasteiger partial charge is 0.300 e. The lowest BCUT2D eigenvalue weighted by atomic mass is 9.98. The third kappa shape index (κ3) is 3.76. The molecule has 1 aromatic heterocycles. The molecule has 1 aliphatic rings. The Bertz CT molecular complexity index is 1210. The van der Waals surface area contributed by atoms with Gasteiger partial charge in [0, 0.05) is 10.4 Å². The van der Waals surface area contributed by atoms with Crippen LogP contribution >= 0.6 is 11.3 Å². The molecule has 0 bridgehead atoms. The number of phenols is 1. The van der Waals surface area contributed by atoms with Crippen molar-refractivity contribution in [1.29, 1.82) is 0 Å². The summed E-state index contributed by atoms with van der Waals surface area (Å²) in [5.41, 5.74) is 1.48. The Morgan fingerprint density at radius 1 is 1.06 bits per heavy atom. The number of thiophene rings is 1. The van der Waals surface area contributed by atoms with Crippen molar-refractivity contribution in [3.8, 4) is 11.5 Å². The van der Waals surface area contributed by atoms with Gasteiger partial charge in [0.2, 0.25) is 0 Å². The number of amides is 1. The molecule has 1 amide bonds. The van der Waals surface area contributed by atoms with Crippen molar-refractivity contribution in [3.05, 3.63) is 81.6 Å². The fourth-order valence-corrected chi connectivity index (χ4v) is 4.81. The standard InChI is InChI=1S/C25H23NO5S/c1-14(2)31-17-10-8-16(9-11-17)22(28)20-21(24-15(3)12-13-32-24)26(25(30)23(20)29)18-6-4-5-7-19(18)27/h4-14,21,27-28H,1-3H3/b22-20-. The largest absolute Gasteiger partial charge is 0.507 e. The second-order valence-corrected chi connectivity index (χ2v) is 8.76. The Morgan fingerprint density at radius 2 is 1.75 bits per heavy atom. The van der Waals surface area contributed by atoms with Gasteiger partial charge in [0.15, 0.2) is 0 Å². The molecule has 2 aromatic carbocycles. The van der Waals surface area contributed by atoms with E-state index in [9.17, 15) is 19.8 Å². The van der Waals surface area contributed by atoms with E-state index < -0.39 is 17.7 Å². The molecule has 1 aliphatic heterocycles. The molecule has 0 radical (unpaired) electrons. The third-order valence-corrected chi connectivity index (χ3v) is 6.31. The average Bonchev–Trinajstić information content (AvgIpc) is 3.29. The maximum Gasteiger partial charge on any atom is 0.300 e. The summed E-state index contributed by atoms with van der Waals surface area (Å²) >= 11 is 1.39. The summed E-state index contributed by atoms with van der Waals surface area (Å²) < 4.78 is 5.64. The number of carbonyl (C=O) groups is 2. The summed E-state index contributed by atoms with van der Waals surface area (Å²) in [6.45, 7) is 5.71.